The zero-order valence-corrected chi connectivity index (χ0v) is 11.0. The van der Waals surface area contributed by atoms with Gasteiger partial charge in [-0.15, -0.1) is 0 Å². The van der Waals surface area contributed by atoms with Crippen LogP contribution in [0.3, 0.4) is 0 Å². The van der Waals surface area contributed by atoms with E-state index in [2.05, 4.69) is 20.6 Å². The van der Waals surface area contributed by atoms with Crippen LogP contribution in [0.25, 0.3) is 0 Å². The molecule has 1 atom stereocenters. The predicted octanol–water partition coefficient (Wildman–Crippen LogP) is 1.84. The Morgan fingerprint density at radius 3 is 2.67 bits per heavy atom. The van der Waals surface area contributed by atoms with Crippen molar-refractivity contribution in [2.75, 3.05) is 23.7 Å². The topological polar surface area (TPSA) is 75.9 Å². The second kappa shape index (κ2) is 6.54. The van der Waals surface area contributed by atoms with Crippen molar-refractivity contribution in [3.05, 3.63) is 12.4 Å². The number of nitrogens with two attached hydrogens (primary N) is 1. The van der Waals surface area contributed by atoms with Crippen LogP contribution in [-0.4, -0.2) is 29.1 Å². The fraction of sp³-hybridized carbons (Fsp3) is 0.692. The minimum absolute atomic E-state index is 0.120. The number of nitrogens with one attached hydrogen (secondary N) is 2. The van der Waals surface area contributed by atoms with Crippen molar-refractivity contribution in [1.29, 1.82) is 0 Å². The summed E-state index contributed by atoms with van der Waals surface area (Å²) >= 11 is 0. The van der Waals surface area contributed by atoms with Crippen LogP contribution >= 0.6 is 0 Å². The van der Waals surface area contributed by atoms with Gasteiger partial charge in [-0.05, 0) is 19.3 Å². The summed E-state index contributed by atoms with van der Waals surface area (Å²) in [4.78, 5) is 8.38. The first-order valence-corrected chi connectivity index (χ1v) is 6.79. The molecular formula is C13H23N5. The normalized spacial score (nSPS) is 17.0. The van der Waals surface area contributed by atoms with Gasteiger partial charge >= 0.3 is 0 Å². The van der Waals surface area contributed by atoms with Gasteiger partial charge in [0.2, 0.25) is 0 Å². The highest BCUT2D eigenvalue weighted by atomic mass is 15.1. The van der Waals surface area contributed by atoms with Crippen LogP contribution in [0, 0.1) is 5.92 Å². The maximum absolute atomic E-state index is 5.69. The molecule has 0 saturated heterocycles. The molecule has 0 bridgehead atoms. The van der Waals surface area contributed by atoms with E-state index in [4.69, 9.17) is 5.73 Å². The molecule has 2 rings (SSSR count). The van der Waals surface area contributed by atoms with Crippen LogP contribution in [-0.2, 0) is 0 Å². The third kappa shape index (κ3) is 4.14. The lowest BCUT2D eigenvalue weighted by Crippen LogP contribution is -2.25. The van der Waals surface area contributed by atoms with Gasteiger partial charge in [0, 0.05) is 25.2 Å². The molecule has 4 N–H and O–H groups in total. The first kappa shape index (κ1) is 13.1. The van der Waals surface area contributed by atoms with E-state index in [0.717, 1.165) is 30.6 Å². The fourth-order valence-corrected chi connectivity index (χ4v) is 2.00. The van der Waals surface area contributed by atoms with Crippen LogP contribution in [0.4, 0.5) is 11.6 Å². The number of anilines is 2. The molecule has 1 heterocycles. The Bertz CT molecular complexity index is 362. The molecule has 1 fully saturated rings. The van der Waals surface area contributed by atoms with Gasteiger partial charge in [0.1, 0.15) is 18.0 Å². The second-order valence-electron chi connectivity index (χ2n) is 5.16. The van der Waals surface area contributed by atoms with E-state index in [0.29, 0.717) is 0 Å². The molecular weight excluding hydrogens is 226 g/mol. The summed E-state index contributed by atoms with van der Waals surface area (Å²) in [6.07, 6.45) is 7.02. The van der Waals surface area contributed by atoms with E-state index in [1.807, 2.05) is 13.0 Å². The second-order valence-corrected chi connectivity index (χ2v) is 5.16. The summed E-state index contributed by atoms with van der Waals surface area (Å²) in [7, 11) is 0. The molecule has 0 spiro atoms. The lowest BCUT2D eigenvalue weighted by Gasteiger charge is -2.25. The summed E-state index contributed by atoms with van der Waals surface area (Å²) in [6.45, 7) is 3.68. The number of hydrogen-bond acceptors (Lipinski definition) is 5. The standard InChI is InChI=1S/C13H23N5/c1-10(14)8-16-13-7-12(17-9-18-13)15-6-5-11-3-2-4-11/h7,9-11H,2-6,8,14H2,1H3,(H2,15,16,17,18). The quantitative estimate of drug-likeness (QED) is 0.687. The molecule has 1 aliphatic carbocycles. The van der Waals surface area contributed by atoms with E-state index >= 15 is 0 Å². The molecule has 1 unspecified atom stereocenters. The Labute approximate surface area is 109 Å². The van der Waals surface area contributed by atoms with Crippen molar-refractivity contribution in [3.63, 3.8) is 0 Å². The number of aromatic nitrogens is 2. The smallest absolute Gasteiger partial charge is 0.131 e. The minimum atomic E-state index is 0.120. The molecule has 0 aliphatic heterocycles. The van der Waals surface area contributed by atoms with Crippen molar-refractivity contribution >= 4 is 11.6 Å². The van der Waals surface area contributed by atoms with Crippen LogP contribution in [0.15, 0.2) is 12.4 Å². The molecule has 1 saturated carbocycles. The van der Waals surface area contributed by atoms with Gasteiger partial charge in [-0.25, -0.2) is 9.97 Å². The molecule has 5 nitrogen and oxygen atoms in total. The summed E-state index contributed by atoms with van der Waals surface area (Å²) in [5.41, 5.74) is 5.69. The molecule has 1 aromatic rings. The van der Waals surface area contributed by atoms with Crippen LogP contribution in [0.2, 0.25) is 0 Å². The Hall–Kier alpha value is -1.36. The first-order chi connectivity index (χ1) is 8.74. The van der Waals surface area contributed by atoms with Crippen molar-refractivity contribution in [3.8, 4) is 0 Å². The van der Waals surface area contributed by atoms with Crippen molar-refractivity contribution in [1.82, 2.24) is 9.97 Å². The molecule has 1 aromatic heterocycles. The van der Waals surface area contributed by atoms with Crippen molar-refractivity contribution < 1.29 is 0 Å². The van der Waals surface area contributed by atoms with Gasteiger partial charge in [0.25, 0.3) is 0 Å². The van der Waals surface area contributed by atoms with E-state index in [1.165, 1.54) is 25.7 Å². The zero-order valence-electron chi connectivity index (χ0n) is 11.0. The van der Waals surface area contributed by atoms with Gasteiger partial charge in [0.15, 0.2) is 0 Å². The lowest BCUT2D eigenvalue weighted by molar-refractivity contribution is 0.303. The van der Waals surface area contributed by atoms with E-state index in [-0.39, 0.29) is 6.04 Å². The summed E-state index contributed by atoms with van der Waals surface area (Å²) in [5.74, 6) is 2.64. The highest BCUT2D eigenvalue weighted by Gasteiger charge is 2.16. The monoisotopic (exact) mass is 249 g/mol. The lowest BCUT2D eigenvalue weighted by atomic mass is 9.83. The third-order valence-electron chi connectivity index (χ3n) is 3.36. The van der Waals surface area contributed by atoms with Crippen LogP contribution < -0.4 is 16.4 Å². The zero-order chi connectivity index (χ0) is 12.8. The van der Waals surface area contributed by atoms with E-state index in [9.17, 15) is 0 Å². The fourth-order valence-electron chi connectivity index (χ4n) is 2.00. The van der Waals surface area contributed by atoms with Crippen LogP contribution in [0.1, 0.15) is 32.6 Å². The largest absolute Gasteiger partial charge is 0.370 e. The average Bonchev–Trinajstić information content (AvgIpc) is 2.30. The predicted molar refractivity (Wildman–Crippen MR) is 74.6 cm³/mol. The Morgan fingerprint density at radius 1 is 1.33 bits per heavy atom. The molecule has 5 heteroatoms. The van der Waals surface area contributed by atoms with Gasteiger partial charge in [-0.3, -0.25) is 0 Å². The van der Waals surface area contributed by atoms with E-state index in [1.54, 1.807) is 6.33 Å². The molecule has 0 aromatic carbocycles. The molecule has 0 amide bonds. The Balaban J connectivity index is 1.75. The highest BCUT2D eigenvalue weighted by Crippen LogP contribution is 2.29. The summed E-state index contributed by atoms with van der Waals surface area (Å²) < 4.78 is 0. The number of hydrogen-bond donors (Lipinski definition) is 3. The summed E-state index contributed by atoms with van der Waals surface area (Å²) in [5, 5.41) is 6.54. The minimum Gasteiger partial charge on any atom is -0.370 e. The maximum atomic E-state index is 5.69. The maximum Gasteiger partial charge on any atom is 0.131 e. The Morgan fingerprint density at radius 2 is 2.06 bits per heavy atom. The highest BCUT2D eigenvalue weighted by molar-refractivity contribution is 5.46. The van der Waals surface area contributed by atoms with Crippen molar-refractivity contribution in [2.45, 2.75) is 38.6 Å². The number of rotatable bonds is 7. The Kier molecular flexibility index (Phi) is 4.75. The average molecular weight is 249 g/mol. The van der Waals surface area contributed by atoms with Gasteiger partial charge < -0.3 is 16.4 Å². The number of nitrogens with zero attached hydrogens (tertiary/aromatic N) is 2. The first-order valence-electron chi connectivity index (χ1n) is 6.79. The molecule has 1 aliphatic rings. The SMILES string of the molecule is CC(N)CNc1cc(NCCC2CCC2)ncn1. The van der Waals surface area contributed by atoms with Crippen molar-refractivity contribution in [2.24, 2.45) is 11.7 Å². The third-order valence-corrected chi connectivity index (χ3v) is 3.36. The van der Waals surface area contributed by atoms with Crippen LogP contribution in [0.5, 0.6) is 0 Å². The molecule has 100 valence electrons. The summed E-state index contributed by atoms with van der Waals surface area (Å²) in [6, 6.07) is 2.05. The molecule has 18 heavy (non-hydrogen) atoms. The van der Waals surface area contributed by atoms with Gasteiger partial charge in [-0.1, -0.05) is 19.3 Å². The van der Waals surface area contributed by atoms with Gasteiger partial charge in [-0.2, -0.15) is 0 Å². The molecule has 0 radical (unpaired) electrons. The van der Waals surface area contributed by atoms with Gasteiger partial charge in [0.05, 0.1) is 0 Å². The van der Waals surface area contributed by atoms with E-state index < -0.39 is 0 Å².